The molecule has 0 aliphatic carbocycles. The summed E-state index contributed by atoms with van der Waals surface area (Å²) in [5.74, 6) is 0. The van der Waals surface area contributed by atoms with Crippen molar-refractivity contribution in [3.63, 3.8) is 0 Å². The molecule has 0 aromatic rings. The van der Waals surface area contributed by atoms with Crippen molar-refractivity contribution in [1.29, 1.82) is 0 Å². The minimum Gasteiger partial charge on any atom is -0.380 e. The van der Waals surface area contributed by atoms with Gasteiger partial charge in [-0.15, -0.1) is 0 Å². The van der Waals surface area contributed by atoms with Crippen LogP contribution < -0.4 is 0 Å². The smallest absolute Gasteiger partial charge is 0.0594 e. The summed E-state index contributed by atoms with van der Waals surface area (Å²) in [4.78, 5) is 2.43. The van der Waals surface area contributed by atoms with Gasteiger partial charge in [-0.1, -0.05) is 58.3 Å². The summed E-state index contributed by atoms with van der Waals surface area (Å²) in [6.07, 6.45) is 12.4. The van der Waals surface area contributed by atoms with Gasteiger partial charge in [0.1, 0.15) is 0 Å². The maximum absolute atomic E-state index is 5.71. The number of unbranched alkanes of at least 4 members (excludes halogenated alkanes) is 8. The lowest BCUT2D eigenvalue weighted by Gasteiger charge is -2.26. The Kier molecular flexibility index (Phi) is 12.4. The molecule has 1 aliphatic rings. The molecular weight excluding hydrogens is 250 g/mol. The van der Waals surface area contributed by atoms with Gasteiger partial charge in [0.05, 0.1) is 19.8 Å². The van der Waals surface area contributed by atoms with E-state index in [9.17, 15) is 0 Å². The maximum atomic E-state index is 5.71. The topological polar surface area (TPSA) is 21.7 Å². The monoisotopic (exact) mass is 285 g/mol. The van der Waals surface area contributed by atoms with Crippen LogP contribution >= 0.6 is 0 Å². The first kappa shape index (κ1) is 17.9. The van der Waals surface area contributed by atoms with E-state index < -0.39 is 0 Å². The van der Waals surface area contributed by atoms with Gasteiger partial charge in [-0.25, -0.2) is 0 Å². The molecule has 0 aromatic carbocycles. The molecule has 0 bridgehead atoms. The van der Waals surface area contributed by atoms with Crippen LogP contribution in [0.25, 0.3) is 0 Å². The van der Waals surface area contributed by atoms with Crippen molar-refractivity contribution in [2.75, 3.05) is 46.1 Å². The van der Waals surface area contributed by atoms with Crippen molar-refractivity contribution in [1.82, 2.24) is 4.90 Å². The zero-order valence-electron chi connectivity index (χ0n) is 13.6. The number of hydrogen-bond acceptors (Lipinski definition) is 3. The molecule has 0 N–H and O–H groups in total. The molecule has 120 valence electrons. The van der Waals surface area contributed by atoms with Gasteiger partial charge in [0.15, 0.2) is 0 Å². The van der Waals surface area contributed by atoms with Crippen molar-refractivity contribution in [2.45, 2.75) is 64.7 Å². The summed E-state index contributed by atoms with van der Waals surface area (Å²) < 4.78 is 11.0. The molecule has 0 radical (unpaired) electrons. The Labute approximate surface area is 126 Å². The number of hydrogen-bond donors (Lipinski definition) is 0. The molecule has 0 aromatic heterocycles. The zero-order chi connectivity index (χ0) is 14.3. The van der Waals surface area contributed by atoms with Gasteiger partial charge >= 0.3 is 0 Å². The van der Waals surface area contributed by atoms with Crippen LogP contribution in [0.5, 0.6) is 0 Å². The van der Waals surface area contributed by atoms with Crippen molar-refractivity contribution >= 4 is 0 Å². The van der Waals surface area contributed by atoms with E-state index in [0.29, 0.717) is 0 Å². The minimum absolute atomic E-state index is 0.886. The summed E-state index contributed by atoms with van der Waals surface area (Å²) in [5, 5.41) is 0. The lowest BCUT2D eigenvalue weighted by atomic mass is 10.1. The molecular formula is C17H35NO2. The SMILES string of the molecule is CCCCCCCCCCCOCCN1CCOCC1. The molecule has 3 nitrogen and oxygen atoms in total. The third-order valence-electron chi connectivity index (χ3n) is 4.05. The third-order valence-corrected chi connectivity index (χ3v) is 4.05. The first-order chi connectivity index (χ1) is 9.93. The highest BCUT2D eigenvalue weighted by Crippen LogP contribution is 2.09. The van der Waals surface area contributed by atoms with E-state index in [4.69, 9.17) is 9.47 Å². The highest BCUT2D eigenvalue weighted by Gasteiger charge is 2.08. The Morgan fingerprint density at radius 2 is 1.40 bits per heavy atom. The van der Waals surface area contributed by atoms with Crippen LogP contribution in [0.15, 0.2) is 0 Å². The summed E-state index contributed by atoms with van der Waals surface area (Å²) in [6.45, 7) is 9.09. The first-order valence-electron chi connectivity index (χ1n) is 8.81. The van der Waals surface area contributed by atoms with E-state index in [-0.39, 0.29) is 0 Å². The molecule has 1 saturated heterocycles. The second kappa shape index (κ2) is 13.8. The van der Waals surface area contributed by atoms with E-state index in [2.05, 4.69) is 11.8 Å². The summed E-state index contributed by atoms with van der Waals surface area (Å²) in [5.41, 5.74) is 0. The fourth-order valence-electron chi connectivity index (χ4n) is 2.64. The molecule has 1 fully saturated rings. The number of nitrogens with zero attached hydrogens (tertiary/aromatic N) is 1. The number of morpholine rings is 1. The van der Waals surface area contributed by atoms with Crippen LogP contribution in [0.4, 0.5) is 0 Å². The molecule has 1 heterocycles. The molecule has 3 heteroatoms. The molecule has 1 aliphatic heterocycles. The van der Waals surface area contributed by atoms with Crippen LogP contribution in [0.2, 0.25) is 0 Å². The van der Waals surface area contributed by atoms with Crippen LogP contribution in [-0.4, -0.2) is 51.0 Å². The highest BCUT2D eigenvalue weighted by molar-refractivity contribution is 4.60. The van der Waals surface area contributed by atoms with Gasteiger partial charge in [0.25, 0.3) is 0 Å². The minimum atomic E-state index is 0.886. The van der Waals surface area contributed by atoms with Crippen molar-refractivity contribution in [3.05, 3.63) is 0 Å². The predicted molar refractivity (Wildman–Crippen MR) is 85.3 cm³/mol. The third kappa shape index (κ3) is 10.6. The van der Waals surface area contributed by atoms with Gasteiger partial charge in [0.2, 0.25) is 0 Å². The lowest BCUT2D eigenvalue weighted by Crippen LogP contribution is -2.38. The molecule has 0 atom stereocenters. The quantitative estimate of drug-likeness (QED) is 0.480. The van der Waals surface area contributed by atoms with Crippen LogP contribution in [0.1, 0.15) is 64.7 Å². The van der Waals surface area contributed by atoms with Crippen molar-refractivity contribution < 1.29 is 9.47 Å². The van der Waals surface area contributed by atoms with Crippen molar-refractivity contribution in [2.24, 2.45) is 0 Å². The van der Waals surface area contributed by atoms with Gasteiger partial charge < -0.3 is 9.47 Å². The average molecular weight is 285 g/mol. The molecule has 20 heavy (non-hydrogen) atoms. The molecule has 0 spiro atoms. The van der Waals surface area contributed by atoms with Gasteiger partial charge in [0, 0.05) is 26.2 Å². The van der Waals surface area contributed by atoms with Crippen LogP contribution in [0, 0.1) is 0 Å². The number of ether oxygens (including phenoxy) is 2. The number of rotatable bonds is 13. The Morgan fingerprint density at radius 1 is 0.800 bits per heavy atom. The fraction of sp³-hybridized carbons (Fsp3) is 1.00. The lowest BCUT2D eigenvalue weighted by molar-refractivity contribution is 0.0200. The Bertz CT molecular complexity index is 193. The molecule has 1 rings (SSSR count). The van der Waals surface area contributed by atoms with Gasteiger partial charge in [-0.3, -0.25) is 4.90 Å². The largest absolute Gasteiger partial charge is 0.380 e. The first-order valence-corrected chi connectivity index (χ1v) is 8.81. The van der Waals surface area contributed by atoms with Crippen LogP contribution in [0.3, 0.4) is 0 Å². The Morgan fingerprint density at radius 3 is 2.05 bits per heavy atom. The Balaban J connectivity index is 1.70. The molecule has 0 saturated carbocycles. The van der Waals surface area contributed by atoms with Gasteiger partial charge in [-0.2, -0.15) is 0 Å². The maximum Gasteiger partial charge on any atom is 0.0594 e. The summed E-state index contributed by atoms with van der Waals surface area (Å²) in [6, 6.07) is 0. The normalized spacial score (nSPS) is 16.6. The van der Waals surface area contributed by atoms with E-state index >= 15 is 0 Å². The van der Waals surface area contributed by atoms with E-state index in [1.807, 2.05) is 0 Å². The van der Waals surface area contributed by atoms with Crippen molar-refractivity contribution in [3.8, 4) is 0 Å². The summed E-state index contributed by atoms with van der Waals surface area (Å²) in [7, 11) is 0. The zero-order valence-corrected chi connectivity index (χ0v) is 13.6. The van der Waals surface area contributed by atoms with Crippen LogP contribution in [-0.2, 0) is 9.47 Å². The molecule has 0 unspecified atom stereocenters. The summed E-state index contributed by atoms with van der Waals surface area (Å²) >= 11 is 0. The van der Waals surface area contributed by atoms with E-state index in [1.54, 1.807) is 0 Å². The van der Waals surface area contributed by atoms with Gasteiger partial charge in [-0.05, 0) is 6.42 Å². The fourth-order valence-corrected chi connectivity index (χ4v) is 2.64. The van der Waals surface area contributed by atoms with E-state index in [0.717, 1.165) is 46.1 Å². The predicted octanol–water partition coefficient (Wildman–Crippen LogP) is 3.87. The highest BCUT2D eigenvalue weighted by atomic mass is 16.5. The average Bonchev–Trinajstić information content (AvgIpc) is 2.49. The second-order valence-corrected chi connectivity index (χ2v) is 5.89. The second-order valence-electron chi connectivity index (χ2n) is 5.89. The standard InChI is InChI=1S/C17H35NO2/c1-2-3-4-5-6-7-8-9-10-14-19-15-11-18-12-16-20-17-13-18/h2-17H2,1H3. The van der Waals surface area contributed by atoms with E-state index in [1.165, 1.54) is 57.8 Å². The molecule has 0 amide bonds. The Hall–Kier alpha value is -0.120.